The lowest BCUT2D eigenvalue weighted by Crippen LogP contribution is -2.03. The normalized spacial score (nSPS) is 11.2. The fourth-order valence-corrected chi connectivity index (χ4v) is 5.82. The van der Waals surface area contributed by atoms with E-state index in [2.05, 4.69) is 4.98 Å². The highest BCUT2D eigenvalue weighted by Gasteiger charge is 2.24. The first-order valence-electron chi connectivity index (χ1n) is 14.3. The highest BCUT2D eigenvalue weighted by molar-refractivity contribution is 5.99. The molecule has 0 spiro atoms. The Morgan fingerprint density at radius 1 is 0.644 bits per heavy atom. The summed E-state index contributed by atoms with van der Waals surface area (Å²) in [6, 6.07) is 14.3. The van der Waals surface area contributed by atoms with Gasteiger partial charge in [0, 0.05) is 40.6 Å². The number of H-pyrrole nitrogens is 1. The van der Waals surface area contributed by atoms with Gasteiger partial charge < -0.3 is 34.9 Å². The molecule has 1 aromatic heterocycles. The van der Waals surface area contributed by atoms with Gasteiger partial charge in [0.15, 0.2) is 23.1 Å². The lowest BCUT2D eigenvalue weighted by Gasteiger charge is -2.15. The van der Waals surface area contributed by atoms with Crippen LogP contribution in [0.25, 0.3) is 22.0 Å². The van der Waals surface area contributed by atoms with Crippen LogP contribution in [0.1, 0.15) is 68.1 Å². The molecular formula is C36H35NO8. The number of methoxy groups -OCH3 is 2. The Morgan fingerprint density at radius 2 is 1.16 bits per heavy atom. The maximum atomic E-state index is 12.3. The lowest BCUT2D eigenvalue weighted by atomic mass is 9.92. The summed E-state index contributed by atoms with van der Waals surface area (Å²) in [7, 11) is 3.13. The molecule has 45 heavy (non-hydrogen) atoms. The number of aromatic nitrogens is 1. The zero-order valence-corrected chi connectivity index (χ0v) is 26.0. The van der Waals surface area contributed by atoms with Crippen LogP contribution in [-0.4, -0.2) is 51.2 Å². The zero-order chi connectivity index (χ0) is 32.7. The number of carbonyl (C=O) groups is 2. The number of phenolic OH excluding ortho intramolecular Hbond substituents is 4. The fraction of sp³-hybridized carbons (Fsp3) is 0.222. The predicted octanol–water partition coefficient (Wildman–Crippen LogP) is 6.88. The number of fused-ring (bicyclic) bond motifs is 1. The molecule has 0 bridgehead atoms. The first-order chi connectivity index (χ1) is 21.4. The number of ether oxygens (including phenoxy) is 2. The van der Waals surface area contributed by atoms with Gasteiger partial charge in [-0.15, -0.1) is 0 Å². The molecule has 232 valence electrons. The van der Waals surface area contributed by atoms with Crippen LogP contribution in [0.15, 0.2) is 48.5 Å². The smallest absolute Gasteiger partial charge is 0.163 e. The van der Waals surface area contributed by atoms with Crippen molar-refractivity contribution in [3.8, 4) is 45.6 Å². The Hall–Kier alpha value is -5.44. The number of benzene rings is 4. The first kappa shape index (κ1) is 31.0. The average molecular weight is 610 g/mol. The van der Waals surface area contributed by atoms with Crippen molar-refractivity contribution in [3.63, 3.8) is 0 Å². The van der Waals surface area contributed by atoms with E-state index in [1.165, 1.54) is 26.0 Å². The molecule has 0 saturated carbocycles. The zero-order valence-electron chi connectivity index (χ0n) is 26.0. The maximum absolute atomic E-state index is 12.3. The van der Waals surface area contributed by atoms with E-state index in [1.807, 2.05) is 36.4 Å². The van der Waals surface area contributed by atoms with Gasteiger partial charge in [-0.05, 0) is 85.8 Å². The molecule has 5 N–H and O–H groups in total. The summed E-state index contributed by atoms with van der Waals surface area (Å²) >= 11 is 0. The van der Waals surface area contributed by atoms with E-state index in [0.29, 0.717) is 39.4 Å². The van der Waals surface area contributed by atoms with Gasteiger partial charge >= 0.3 is 0 Å². The molecule has 0 aliphatic carbocycles. The number of carbonyl (C=O) groups excluding carboxylic acids is 2. The van der Waals surface area contributed by atoms with Crippen LogP contribution in [-0.2, 0) is 12.8 Å². The average Bonchev–Trinajstić information content (AvgIpc) is 3.35. The van der Waals surface area contributed by atoms with Crippen LogP contribution >= 0.6 is 0 Å². The van der Waals surface area contributed by atoms with Gasteiger partial charge in [0.05, 0.1) is 25.3 Å². The molecule has 1 heterocycles. The van der Waals surface area contributed by atoms with E-state index in [-0.39, 0.29) is 69.7 Å². The largest absolute Gasteiger partial charge is 0.507 e. The van der Waals surface area contributed by atoms with Crippen LogP contribution in [0.2, 0.25) is 0 Å². The highest BCUT2D eigenvalue weighted by atomic mass is 16.5. The Bertz CT molecular complexity index is 2000. The van der Waals surface area contributed by atoms with Crippen LogP contribution in [0, 0.1) is 13.8 Å². The Balaban J connectivity index is 1.73. The van der Waals surface area contributed by atoms with Crippen molar-refractivity contribution in [2.75, 3.05) is 14.2 Å². The van der Waals surface area contributed by atoms with E-state index in [9.17, 15) is 30.0 Å². The molecule has 0 saturated heterocycles. The minimum Gasteiger partial charge on any atom is -0.507 e. The predicted molar refractivity (Wildman–Crippen MR) is 171 cm³/mol. The second-order valence-electron chi connectivity index (χ2n) is 11.2. The highest BCUT2D eigenvalue weighted by Crippen LogP contribution is 2.42. The number of aromatic hydroxyl groups is 4. The third kappa shape index (κ3) is 5.53. The van der Waals surface area contributed by atoms with E-state index < -0.39 is 0 Å². The van der Waals surface area contributed by atoms with Gasteiger partial charge in [0.25, 0.3) is 0 Å². The number of phenols is 4. The summed E-state index contributed by atoms with van der Waals surface area (Å²) in [5, 5.41) is 44.9. The number of hydrogen-bond acceptors (Lipinski definition) is 8. The minimum atomic E-state index is -0.348. The molecule has 0 fully saturated rings. The van der Waals surface area contributed by atoms with Crippen molar-refractivity contribution >= 4 is 22.5 Å². The molecule has 0 amide bonds. The Labute approximate surface area is 260 Å². The molecular weight excluding hydrogens is 574 g/mol. The number of Topliss-reactive ketones (excluding diaryl/α,β-unsaturated/α-hetero) is 2. The Kier molecular flexibility index (Phi) is 8.21. The number of aromatic amines is 1. The van der Waals surface area contributed by atoms with E-state index in [0.717, 1.165) is 16.5 Å². The van der Waals surface area contributed by atoms with Crippen molar-refractivity contribution in [1.82, 2.24) is 4.98 Å². The number of nitrogens with one attached hydrogen (secondary N) is 1. The molecule has 0 radical (unpaired) electrons. The van der Waals surface area contributed by atoms with Crippen LogP contribution in [0.5, 0.6) is 34.5 Å². The van der Waals surface area contributed by atoms with Gasteiger partial charge in [-0.3, -0.25) is 9.59 Å². The lowest BCUT2D eigenvalue weighted by molar-refractivity contribution is 0.100. The fourth-order valence-electron chi connectivity index (χ4n) is 5.82. The number of aryl methyl sites for hydroxylation is 2. The van der Waals surface area contributed by atoms with E-state index >= 15 is 0 Å². The van der Waals surface area contributed by atoms with Gasteiger partial charge in [0.1, 0.15) is 23.0 Å². The third-order valence-electron chi connectivity index (χ3n) is 8.30. The Morgan fingerprint density at radius 3 is 1.69 bits per heavy atom. The number of rotatable bonds is 9. The summed E-state index contributed by atoms with van der Waals surface area (Å²) in [5.41, 5.74) is 5.07. The van der Waals surface area contributed by atoms with E-state index in [1.54, 1.807) is 28.1 Å². The monoisotopic (exact) mass is 609 g/mol. The minimum absolute atomic E-state index is 0.00222. The van der Waals surface area contributed by atoms with Gasteiger partial charge in [0.2, 0.25) is 0 Å². The van der Waals surface area contributed by atoms with Crippen LogP contribution in [0.3, 0.4) is 0 Å². The second kappa shape index (κ2) is 11.9. The van der Waals surface area contributed by atoms with Gasteiger partial charge in [-0.25, -0.2) is 0 Å². The van der Waals surface area contributed by atoms with Gasteiger partial charge in [-0.2, -0.15) is 0 Å². The number of ketones is 2. The summed E-state index contributed by atoms with van der Waals surface area (Å²) < 4.78 is 10.9. The van der Waals surface area contributed by atoms with Crippen LogP contribution in [0.4, 0.5) is 0 Å². The standard InChI is InChI=1S/C36H35NO8/c1-17-11-24(19(3)38)35(42)27(33(17)40)15-26-23-9-7-21(22-8-10-31(44-5)32(14-22)45-6)13-29(23)37-30(26)16-28-34(41)18(2)12-25(20(4)39)36(28)43/h7-14,37,40-43H,15-16H2,1-6H3. The van der Waals surface area contributed by atoms with Crippen molar-refractivity contribution in [2.24, 2.45) is 0 Å². The quantitative estimate of drug-likeness (QED) is 0.114. The van der Waals surface area contributed by atoms with Crippen molar-refractivity contribution < 1.29 is 39.5 Å². The molecule has 5 rings (SSSR count). The first-order valence-corrected chi connectivity index (χ1v) is 14.3. The molecule has 0 unspecified atom stereocenters. The summed E-state index contributed by atoms with van der Waals surface area (Å²) in [5.74, 6) is -0.442. The van der Waals surface area contributed by atoms with Gasteiger partial charge in [-0.1, -0.05) is 18.2 Å². The second-order valence-corrected chi connectivity index (χ2v) is 11.2. The summed E-state index contributed by atoms with van der Waals surface area (Å²) in [6.07, 6.45) is 0.0276. The maximum Gasteiger partial charge on any atom is 0.163 e. The summed E-state index contributed by atoms with van der Waals surface area (Å²) in [4.78, 5) is 28.0. The topological polar surface area (TPSA) is 149 Å². The summed E-state index contributed by atoms with van der Waals surface area (Å²) in [6.45, 7) is 5.99. The molecule has 0 atom stereocenters. The number of hydrogen-bond donors (Lipinski definition) is 5. The van der Waals surface area contributed by atoms with Crippen LogP contribution < -0.4 is 9.47 Å². The third-order valence-corrected chi connectivity index (χ3v) is 8.30. The molecule has 0 aliphatic rings. The SMILES string of the molecule is COc1ccc(-c2ccc3c(Cc4c(O)c(C)cc(C(C)=O)c4O)c(Cc4c(O)c(C)cc(C(C)=O)c4O)[nH]c3c2)cc1OC. The van der Waals surface area contributed by atoms with Crippen molar-refractivity contribution in [2.45, 2.75) is 40.5 Å². The molecule has 9 nitrogen and oxygen atoms in total. The molecule has 9 heteroatoms. The molecule has 0 aliphatic heterocycles. The molecule has 5 aromatic rings. The van der Waals surface area contributed by atoms with Crippen molar-refractivity contribution in [1.29, 1.82) is 0 Å². The molecule has 4 aromatic carbocycles. The van der Waals surface area contributed by atoms with Crippen molar-refractivity contribution in [3.05, 3.63) is 93.2 Å². The van der Waals surface area contributed by atoms with E-state index in [4.69, 9.17) is 9.47 Å².